The smallest absolute Gasteiger partial charge is 0.257 e. The number of likely N-dealkylation sites (tertiary alicyclic amines) is 1. The molecule has 1 spiro atoms. The summed E-state index contributed by atoms with van der Waals surface area (Å²) < 4.78 is 13.4. The van der Waals surface area contributed by atoms with E-state index in [1.54, 1.807) is 6.20 Å². The van der Waals surface area contributed by atoms with Gasteiger partial charge in [0.05, 0.1) is 30.2 Å². The average Bonchev–Trinajstić information content (AvgIpc) is 3.28. The maximum Gasteiger partial charge on any atom is 0.257 e. The second-order valence-electron chi connectivity index (χ2n) is 8.42. The van der Waals surface area contributed by atoms with Gasteiger partial charge in [0.2, 0.25) is 0 Å². The Morgan fingerprint density at radius 3 is 2.48 bits per heavy atom. The quantitative estimate of drug-likeness (QED) is 0.810. The van der Waals surface area contributed by atoms with E-state index in [0.717, 1.165) is 23.5 Å². The van der Waals surface area contributed by atoms with E-state index < -0.39 is 5.79 Å². The van der Waals surface area contributed by atoms with Crippen LogP contribution in [-0.4, -0.2) is 57.5 Å². The van der Waals surface area contributed by atoms with Crippen LogP contribution in [0.1, 0.15) is 62.3 Å². The fourth-order valence-electron chi connectivity index (χ4n) is 3.87. The van der Waals surface area contributed by atoms with E-state index in [4.69, 9.17) is 14.6 Å². The van der Waals surface area contributed by atoms with Gasteiger partial charge in [-0.3, -0.25) is 4.79 Å². The van der Waals surface area contributed by atoms with Crippen molar-refractivity contribution in [2.24, 2.45) is 0 Å². The molecule has 2 aromatic heterocycles. The molecule has 0 aliphatic carbocycles. The molecule has 2 aromatic rings. The van der Waals surface area contributed by atoms with Gasteiger partial charge in [-0.15, -0.1) is 0 Å². The highest BCUT2D eigenvalue weighted by molar-refractivity contribution is 5.95. The van der Waals surface area contributed by atoms with Crippen LogP contribution in [0.2, 0.25) is 0 Å². The van der Waals surface area contributed by atoms with Crippen LogP contribution in [0.25, 0.3) is 5.65 Å². The van der Waals surface area contributed by atoms with Gasteiger partial charge in [-0.1, -0.05) is 27.7 Å². The first-order valence-corrected chi connectivity index (χ1v) is 9.78. The van der Waals surface area contributed by atoms with E-state index in [0.29, 0.717) is 44.7 Å². The average molecular weight is 372 g/mol. The molecule has 0 atom stereocenters. The first-order valence-electron chi connectivity index (χ1n) is 9.78. The minimum absolute atomic E-state index is 0.0157. The molecule has 0 aromatic carbocycles. The number of hydrogen-bond donors (Lipinski definition) is 0. The van der Waals surface area contributed by atoms with E-state index >= 15 is 0 Å². The molecule has 7 nitrogen and oxygen atoms in total. The highest BCUT2D eigenvalue weighted by Gasteiger charge is 2.41. The van der Waals surface area contributed by atoms with Crippen molar-refractivity contribution >= 4 is 11.6 Å². The first-order chi connectivity index (χ1) is 12.8. The molecule has 0 unspecified atom stereocenters. The van der Waals surface area contributed by atoms with Crippen LogP contribution in [0.15, 0.2) is 12.3 Å². The van der Waals surface area contributed by atoms with Crippen molar-refractivity contribution in [1.82, 2.24) is 19.5 Å². The van der Waals surface area contributed by atoms with E-state index in [9.17, 15) is 4.79 Å². The molecular formula is C20H28N4O3. The zero-order valence-corrected chi connectivity index (χ0v) is 16.6. The lowest BCUT2D eigenvalue weighted by atomic mass is 9.93. The van der Waals surface area contributed by atoms with Gasteiger partial charge in [0, 0.05) is 43.6 Å². The van der Waals surface area contributed by atoms with Gasteiger partial charge in [0.1, 0.15) is 0 Å². The summed E-state index contributed by atoms with van der Waals surface area (Å²) in [4.78, 5) is 19.6. The molecule has 146 valence electrons. The number of amides is 1. The number of carbonyl (C=O) groups is 1. The second kappa shape index (κ2) is 6.56. The summed E-state index contributed by atoms with van der Waals surface area (Å²) in [6, 6.07) is 2.01. The predicted octanol–water partition coefficient (Wildman–Crippen LogP) is 2.57. The third-order valence-electron chi connectivity index (χ3n) is 5.54. The van der Waals surface area contributed by atoms with Crippen molar-refractivity contribution in [1.29, 1.82) is 0 Å². The van der Waals surface area contributed by atoms with Gasteiger partial charge < -0.3 is 14.4 Å². The van der Waals surface area contributed by atoms with Crippen LogP contribution in [0.3, 0.4) is 0 Å². The number of fused-ring (bicyclic) bond motifs is 1. The summed E-state index contributed by atoms with van der Waals surface area (Å²) in [5, 5.41) is 4.74. The molecule has 27 heavy (non-hydrogen) atoms. The van der Waals surface area contributed by atoms with E-state index in [1.807, 2.05) is 15.5 Å². The molecule has 0 saturated carbocycles. The highest BCUT2D eigenvalue weighted by Crippen LogP contribution is 2.32. The van der Waals surface area contributed by atoms with Crippen LogP contribution >= 0.6 is 0 Å². The number of rotatable bonds is 2. The van der Waals surface area contributed by atoms with E-state index in [2.05, 4.69) is 32.7 Å². The summed E-state index contributed by atoms with van der Waals surface area (Å²) in [5.74, 6) is -0.460. The second-order valence-corrected chi connectivity index (χ2v) is 8.42. The van der Waals surface area contributed by atoms with Gasteiger partial charge in [-0.2, -0.15) is 5.10 Å². The Balaban J connectivity index is 1.62. The van der Waals surface area contributed by atoms with Gasteiger partial charge >= 0.3 is 0 Å². The Labute approximate surface area is 159 Å². The Kier molecular flexibility index (Phi) is 4.47. The lowest BCUT2D eigenvalue weighted by Gasteiger charge is -2.37. The molecule has 2 aliphatic rings. The first kappa shape index (κ1) is 18.4. The summed E-state index contributed by atoms with van der Waals surface area (Å²) in [6.07, 6.45) is 3.85. The van der Waals surface area contributed by atoms with Crippen molar-refractivity contribution in [2.45, 2.75) is 58.2 Å². The Hall–Kier alpha value is -1.99. The molecule has 1 amide bonds. The van der Waals surface area contributed by atoms with Crippen LogP contribution < -0.4 is 0 Å². The molecule has 2 aliphatic heterocycles. The highest BCUT2D eigenvalue weighted by atomic mass is 16.7. The summed E-state index contributed by atoms with van der Waals surface area (Å²) in [7, 11) is 0. The monoisotopic (exact) mass is 372 g/mol. The van der Waals surface area contributed by atoms with Crippen molar-refractivity contribution in [3.8, 4) is 0 Å². The van der Waals surface area contributed by atoms with Gasteiger partial charge in [0.15, 0.2) is 11.4 Å². The fourth-order valence-corrected chi connectivity index (χ4v) is 3.87. The molecule has 7 heteroatoms. The molecule has 4 heterocycles. The molecular weight excluding hydrogens is 344 g/mol. The topological polar surface area (TPSA) is 69.0 Å². The molecule has 4 rings (SSSR count). The molecule has 0 N–H and O–H groups in total. The minimum atomic E-state index is -0.476. The van der Waals surface area contributed by atoms with Crippen LogP contribution in [-0.2, 0) is 21.3 Å². The van der Waals surface area contributed by atoms with Crippen LogP contribution in [0.4, 0.5) is 0 Å². The summed E-state index contributed by atoms with van der Waals surface area (Å²) in [6.45, 7) is 11.0. The standard InChI is InChI=1S/C20H28N4O3/c1-5-15-14(13-21-17-12-16(19(2,3)4)22-24(15)17)18(25)23-8-6-20(7-9-23)26-10-11-27-20/h12-13H,5-11H2,1-4H3. The number of hydrogen-bond acceptors (Lipinski definition) is 5. The van der Waals surface area contributed by atoms with Crippen molar-refractivity contribution in [3.63, 3.8) is 0 Å². The van der Waals surface area contributed by atoms with Crippen molar-refractivity contribution in [3.05, 3.63) is 29.2 Å². The number of piperidine rings is 1. The van der Waals surface area contributed by atoms with Gasteiger partial charge in [-0.05, 0) is 6.42 Å². The molecule has 0 radical (unpaired) electrons. The van der Waals surface area contributed by atoms with E-state index in [1.165, 1.54) is 0 Å². The predicted molar refractivity (Wildman–Crippen MR) is 101 cm³/mol. The summed E-state index contributed by atoms with van der Waals surface area (Å²) in [5.41, 5.74) is 3.25. The molecule has 0 bridgehead atoms. The van der Waals surface area contributed by atoms with Gasteiger partial charge in [-0.25, -0.2) is 9.50 Å². The maximum absolute atomic E-state index is 13.2. The van der Waals surface area contributed by atoms with Crippen LogP contribution in [0.5, 0.6) is 0 Å². The molecule has 2 saturated heterocycles. The zero-order chi connectivity index (χ0) is 19.2. The molecule has 2 fully saturated rings. The Morgan fingerprint density at radius 2 is 1.89 bits per heavy atom. The maximum atomic E-state index is 13.2. The Bertz CT molecular complexity index is 852. The fraction of sp³-hybridized carbons (Fsp3) is 0.650. The minimum Gasteiger partial charge on any atom is -0.347 e. The number of aromatic nitrogens is 3. The third kappa shape index (κ3) is 3.23. The largest absolute Gasteiger partial charge is 0.347 e. The SMILES string of the molecule is CCc1c(C(=O)N2CCC3(CC2)OCCO3)cnc2cc(C(C)(C)C)nn12. The van der Waals surface area contributed by atoms with Gasteiger partial charge in [0.25, 0.3) is 5.91 Å². The number of carbonyl (C=O) groups excluding carboxylic acids is 1. The summed E-state index contributed by atoms with van der Waals surface area (Å²) >= 11 is 0. The Morgan fingerprint density at radius 1 is 1.22 bits per heavy atom. The lowest BCUT2D eigenvalue weighted by molar-refractivity contribution is -0.181. The number of aryl methyl sites for hydroxylation is 1. The van der Waals surface area contributed by atoms with Crippen molar-refractivity contribution in [2.75, 3.05) is 26.3 Å². The van der Waals surface area contributed by atoms with Crippen LogP contribution in [0, 0.1) is 0 Å². The normalized spacial score (nSPS) is 19.9. The lowest BCUT2D eigenvalue weighted by Crippen LogP contribution is -2.47. The zero-order valence-electron chi connectivity index (χ0n) is 16.6. The van der Waals surface area contributed by atoms with Crippen molar-refractivity contribution < 1.29 is 14.3 Å². The van der Waals surface area contributed by atoms with E-state index in [-0.39, 0.29) is 11.3 Å². The number of nitrogens with zero attached hydrogens (tertiary/aromatic N) is 4. The third-order valence-corrected chi connectivity index (χ3v) is 5.54. The number of ether oxygens (including phenoxy) is 2.